The average Bonchev–Trinajstić information content (AvgIpc) is 3.50. The lowest BCUT2D eigenvalue weighted by molar-refractivity contribution is -0.140. The van der Waals surface area contributed by atoms with E-state index in [1.165, 1.54) is 4.31 Å². The third-order valence-corrected chi connectivity index (χ3v) is 9.86. The number of sulfonamides is 1. The molecule has 7 nitrogen and oxygen atoms in total. The van der Waals surface area contributed by atoms with E-state index in [0.717, 1.165) is 47.9 Å². The van der Waals surface area contributed by atoms with Crippen LogP contribution in [0.2, 0.25) is 0 Å². The highest BCUT2D eigenvalue weighted by atomic mass is 32.2. The molecule has 2 amide bonds. The number of carbonyl (C=O) groups excluding carboxylic acids is 2. The molecule has 0 saturated heterocycles. The lowest BCUT2D eigenvalue weighted by Crippen LogP contribution is -2.53. The lowest BCUT2D eigenvalue weighted by Gasteiger charge is -2.34. The van der Waals surface area contributed by atoms with Gasteiger partial charge in [-0.25, -0.2) is 8.42 Å². The molecule has 1 N–H and O–H groups in total. The topological polar surface area (TPSA) is 86.8 Å². The molecule has 224 valence electrons. The largest absolute Gasteiger partial charge is 0.352 e. The summed E-state index contributed by atoms with van der Waals surface area (Å²) < 4.78 is 29.5. The van der Waals surface area contributed by atoms with Gasteiger partial charge in [0.2, 0.25) is 11.8 Å². The van der Waals surface area contributed by atoms with Crippen LogP contribution in [0, 0.1) is 13.8 Å². The molecule has 3 aromatic rings. The minimum atomic E-state index is -4.10. The first kappa shape index (κ1) is 31.3. The predicted octanol–water partition coefficient (Wildman–Crippen LogP) is 5.93. The van der Waals surface area contributed by atoms with E-state index in [-0.39, 0.29) is 23.4 Å². The van der Waals surface area contributed by atoms with Crippen LogP contribution in [0.3, 0.4) is 0 Å². The second kappa shape index (κ2) is 14.0. The normalized spacial score (nSPS) is 14.4. The van der Waals surface area contributed by atoms with Gasteiger partial charge in [-0.3, -0.25) is 13.9 Å². The molecule has 1 fully saturated rings. The smallest absolute Gasteiger partial charge is 0.264 e. The van der Waals surface area contributed by atoms with Gasteiger partial charge in [0.05, 0.1) is 10.6 Å². The fraction of sp³-hybridized carbons (Fsp3) is 0.412. The molecule has 1 atom stereocenters. The first-order valence-electron chi connectivity index (χ1n) is 15.0. The average molecular weight is 590 g/mol. The molecule has 1 aliphatic rings. The maximum Gasteiger partial charge on any atom is 0.264 e. The Morgan fingerprint density at radius 2 is 1.48 bits per heavy atom. The van der Waals surface area contributed by atoms with Crippen LogP contribution in [-0.2, 0) is 32.6 Å². The Bertz CT molecular complexity index is 1460. The summed E-state index contributed by atoms with van der Waals surface area (Å²) in [7, 11) is -4.10. The Balaban J connectivity index is 1.74. The van der Waals surface area contributed by atoms with E-state index in [9.17, 15) is 18.0 Å². The van der Waals surface area contributed by atoms with Crippen molar-refractivity contribution in [2.45, 2.75) is 89.7 Å². The molecule has 0 bridgehead atoms. The summed E-state index contributed by atoms with van der Waals surface area (Å²) in [4.78, 5) is 29.6. The van der Waals surface area contributed by atoms with E-state index in [0.29, 0.717) is 18.5 Å². The van der Waals surface area contributed by atoms with Crippen LogP contribution in [0.4, 0.5) is 5.69 Å². The van der Waals surface area contributed by atoms with Gasteiger partial charge in [0, 0.05) is 12.6 Å². The number of carbonyl (C=O) groups is 2. The van der Waals surface area contributed by atoms with Crippen molar-refractivity contribution in [3.63, 3.8) is 0 Å². The van der Waals surface area contributed by atoms with Crippen LogP contribution in [0.5, 0.6) is 0 Å². The molecule has 1 saturated carbocycles. The number of amides is 2. The third kappa shape index (κ3) is 7.40. The number of hydrogen-bond donors (Lipinski definition) is 1. The number of hydrogen-bond acceptors (Lipinski definition) is 4. The number of rotatable bonds is 12. The molecule has 0 spiro atoms. The van der Waals surface area contributed by atoms with Crippen molar-refractivity contribution in [1.82, 2.24) is 10.2 Å². The summed E-state index contributed by atoms with van der Waals surface area (Å²) in [6.07, 6.45) is 5.03. The fourth-order valence-electron chi connectivity index (χ4n) is 5.58. The fourth-order valence-corrected chi connectivity index (χ4v) is 7.03. The Labute approximate surface area is 251 Å². The number of nitrogens with one attached hydrogen (secondary N) is 1. The number of anilines is 1. The maximum absolute atomic E-state index is 14.3. The van der Waals surface area contributed by atoms with Gasteiger partial charge in [-0.1, -0.05) is 92.4 Å². The molecule has 4 rings (SSSR count). The Kier molecular flexibility index (Phi) is 10.4. The minimum Gasteiger partial charge on any atom is -0.352 e. The first-order valence-corrected chi connectivity index (χ1v) is 16.4. The Hall–Kier alpha value is -3.65. The number of nitrogens with zero attached hydrogens (tertiary/aromatic N) is 2. The van der Waals surface area contributed by atoms with Crippen LogP contribution < -0.4 is 9.62 Å². The highest BCUT2D eigenvalue weighted by molar-refractivity contribution is 7.92. The maximum atomic E-state index is 14.3. The molecule has 0 aromatic heterocycles. The number of benzene rings is 3. The Morgan fingerprint density at radius 3 is 2.07 bits per heavy atom. The van der Waals surface area contributed by atoms with E-state index >= 15 is 0 Å². The Morgan fingerprint density at radius 1 is 0.881 bits per heavy atom. The summed E-state index contributed by atoms with van der Waals surface area (Å²) >= 11 is 0. The molecular formula is C34H43N3O4S. The van der Waals surface area contributed by atoms with Crippen LogP contribution in [0.1, 0.15) is 68.2 Å². The second-order valence-corrected chi connectivity index (χ2v) is 13.1. The van der Waals surface area contributed by atoms with Crippen molar-refractivity contribution < 1.29 is 18.0 Å². The standard InChI is InChI=1S/C34H43N3O4S/c1-5-28-11-7-10-14-32(28)37(42(40,41)30-21-17-26(4)18-22-30)24-33(38)36(23-27-19-15-25(3)16-20-27)31(6-2)34(39)35-29-12-8-9-13-29/h7,10-11,14-22,29,31H,5-6,8-9,12-13,23-24H2,1-4H3,(H,35,39)/t31-/m0/s1. The first-order chi connectivity index (χ1) is 20.1. The summed E-state index contributed by atoms with van der Waals surface area (Å²) in [5.74, 6) is -0.614. The molecule has 8 heteroatoms. The quantitative estimate of drug-likeness (QED) is 0.284. The molecule has 42 heavy (non-hydrogen) atoms. The van der Waals surface area contributed by atoms with Crippen LogP contribution in [-0.4, -0.2) is 43.8 Å². The summed E-state index contributed by atoms with van der Waals surface area (Å²) in [5.41, 5.74) is 4.19. The van der Waals surface area contributed by atoms with Crippen molar-refractivity contribution in [1.29, 1.82) is 0 Å². The molecule has 0 unspecified atom stereocenters. The third-order valence-electron chi connectivity index (χ3n) is 8.09. The predicted molar refractivity (Wildman–Crippen MR) is 168 cm³/mol. The molecule has 1 aliphatic carbocycles. The number of aryl methyl sites for hydroxylation is 3. The molecular weight excluding hydrogens is 546 g/mol. The van der Waals surface area contributed by atoms with E-state index in [1.54, 1.807) is 41.3 Å². The molecule has 0 aliphatic heterocycles. The monoisotopic (exact) mass is 589 g/mol. The van der Waals surface area contributed by atoms with E-state index in [4.69, 9.17) is 0 Å². The minimum absolute atomic E-state index is 0.109. The van der Waals surface area contributed by atoms with Crippen LogP contribution >= 0.6 is 0 Å². The van der Waals surface area contributed by atoms with Crippen molar-refractivity contribution in [2.24, 2.45) is 0 Å². The van der Waals surface area contributed by atoms with Crippen LogP contribution in [0.25, 0.3) is 0 Å². The molecule has 0 heterocycles. The molecule has 3 aromatic carbocycles. The summed E-state index contributed by atoms with van der Waals surface area (Å²) in [6.45, 7) is 7.52. The zero-order chi connectivity index (χ0) is 30.3. The lowest BCUT2D eigenvalue weighted by atomic mass is 10.1. The second-order valence-electron chi connectivity index (χ2n) is 11.2. The molecule has 0 radical (unpaired) electrons. The number of para-hydroxylation sites is 1. The van der Waals surface area contributed by atoms with Crippen molar-refractivity contribution >= 4 is 27.5 Å². The van der Waals surface area contributed by atoms with Gasteiger partial charge in [0.15, 0.2) is 0 Å². The van der Waals surface area contributed by atoms with E-state index in [1.807, 2.05) is 64.1 Å². The van der Waals surface area contributed by atoms with Gasteiger partial charge >= 0.3 is 0 Å². The summed E-state index contributed by atoms with van der Waals surface area (Å²) in [5, 5.41) is 3.16. The van der Waals surface area contributed by atoms with E-state index in [2.05, 4.69) is 5.32 Å². The highest BCUT2D eigenvalue weighted by Gasteiger charge is 2.35. The summed E-state index contributed by atoms with van der Waals surface area (Å²) in [6, 6.07) is 21.2. The van der Waals surface area contributed by atoms with Gasteiger partial charge in [0.25, 0.3) is 10.0 Å². The van der Waals surface area contributed by atoms with Gasteiger partial charge in [-0.05, 0) is 68.9 Å². The van der Waals surface area contributed by atoms with Crippen molar-refractivity contribution in [3.05, 3.63) is 95.1 Å². The highest BCUT2D eigenvalue weighted by Crippen LogP contribution is 2.29. The van der Waals surface area contributed by atoms with Crippen LogP contribution in [0.15, 0.2) is 77.7 Å². The van der Waals surface area contributed by atoms with E-state index < -0.39 is 28.5 Å². The zero-order valence-electron chi connectivity index (χ0n) is 25.2. The van der Waals surface area contributed by atoms with Gasteiger partial charge in [-0.2, -0.15) is 0 Å². The van der Waals surface area contributed by atoms with Gasteiger partial charge < -0.3 is 10.2 Å². The van der Waals surface area contributed by atoms with Crippen molar-refractivity contribution in [2.75, 3.05) is 10.8 Å². The zero-order valence-corrected chi connectivity index (χ0v) is 26.0. The SMILES string of the molecule is CCc1ccccc1N(CC(=O)N(Cc1ccc(C)cc1)[C@@H](CC)C(=O)NC1CCCC1)S(=O)(=O)c1ccc(C)cc1. The van der Waals surface area contributed by atoms with Gasteiger partial charge in [0.1, 0.15) is 12.6 Å². The van der Waals surface area contributed by atoms with Gasteiger partial charge in [-0.15, -0.1) is 0 Å². The van der Waals surface area contributed by atoms with Crippen molar-refractivity contribution in [3.8, 4) is 0 Å².